The lowest BCUT2D eigenvalue weighted by atomic mass is 9.35. The smallest absolute Gasteiger partial charge is 0.272 e. The molecule has 3 unspecified atom stereocenters. The molecule has 6 atom stereocenters. The highest BCUT2D eigenvalue weighted by Crippen LogP contribution is 2.76. The number of fused-ring (bicyclic) bond motifs is 2. The number of nitrogens with zero attached hydrogens (tertiary/aromatic N) is 3. The average Bonchev–Trinajstić information content (AvgIpc) is 3.71. The molecule has 210 valence electrons. The van der Waals surface area contributed by atoms with Crippen LogP contribution in [0.25, 0.3) is 0 Å². The summed E-state index contributed by atoms with van der Waals surface area (Å²) in [6.45, 7) is 3.99. The molecule has 4 saturated carbocycles. The van der Waals surface area contributed by atoms with Crippen molar-refractivity contribution in [2.75, 3.05) is 26.7 Å². The third-order valence-corrected chi connectivity index (χ3v) is 11.6. The molecule has 5 aliphatic carbocycles. The van der Waals surface area contributed by atoms with Gasteiger partial charge in [-0.3, -0.25) is 14.5 Å². The average molecular weight is 545 g/mol. The second kappa shape index (κ2) is 8.26. The molecule has 2 spiro atoms. The number of likely N-dealkylation sites (tertiary alicyclic amines) is 1. The van der Waals surface area contributed by atoms with E-state index in [1.807, 2.05) is 0 Å². The molecule has 1 amide bonds. The number of aromatic nitrogens is 2. The number of Topliss-reactive ketones (excluding diaryl/α,β-unsaturated/α-hetero) is 1. The first-order valence-electron chi connectivity index (χ1n) is 14.8. The van der Waals surface area contributed by atoms with Crippen molar-refractivity contribution in [1.29, 1.82) is 0 Å². The molecular weight excluding hydrogens is 508 g/mol. The molecule has 40 heavy (non-hydrogen) atoms. The van der Waals surface area contributed by atoms with Crippen LogP contribution in [0.1, 0.15) is 77.6 Å². The number of benzene rings is 1. The van der Waals surface area contributed by atoms with E-state index < -0.39 is 11.5 Å². The predicted molar refractivity (Wildman–Crippen MR) is 144 cm³/mol. The number of methoxy groups -OCH3 is 1. The summed E-state index contributed by atoms with van der Waals surface area (Å²) in [5.74, 6) is 0.995. The van der Waals surface area contributed by atoms with Gasteiger partial charge in [-0.25, -0.2) is 9.97 Å². The first-order valence-corrected chi connectivity index (χ1v) is 14.8. The maximum Gasteiger partial charge on any atom is 0.272 e. The minimum atomic E-state index is -0.607. The van der Waals surface area contributed by atoms with Crippen LogP contribution in [0.4, 0.5) is 0 Å². The Labute approximate surface area is 233 Å². The standard InChI is InChI=1S/C31H36N4O5/c1-17(36)24-25(33-11-10-32-24)27(38)34-15-20-14-29-7-8-31(20,39-2)28-30(29)9-12-35(16-18-3-4-18)22(29)13-19-5-6-21(37)26(40-28)23(19)30/h5-6,10-11,18,20,22,28,37H,3-4,7-9,12-16H2,1-2H3,(H,34,38)/t20?,22-,28?,29-,30+,31?/m1/s1. The third-order valence-electron chi connectivity index (χ3n) is 11.6. The van der Waals surface area contributed by atoms with Gasteiger partial charge >= 0.3 is 0 Å². The van der Waals surface area contributed by atoms with Crippen LogP contribution in [0.15, 0.2) is 24.5 Å². The van der Waals surface area contributed by atoms with E-state index in [-0.39, 0.29) is 45.8 Å². The van der Waals surface area contributed by atoms with Crippen LogP contribution < -0.4 is 10.1 Å². The van der Waals surface area contributed by atoms with Crippen LogP contribution in [-0.4, -0.2) is 76.2 Å². The molecule has 7 aliphatic rings. The summed E-state index contributed by atoms with van der Waals surface area (Å²) in [7, 11) is 1.77. The van der Waals surface area contributed by atoms with Crippen LogP contribution in [0, 0.1) is 17.3 Å². The Morgan fingerprint density at radius 3 is 2.73 bits per heavy atom. The molecule has 4 bridgehead atoms. The number of ether oxygens (including phenoxy) is 2. The summed E-state index contributed by atoms with van der Waals surface area (Å²) in [5.41, 5.74) is 1.85. The van der Waals surface area contributed by atoms with Gasteiger partial charge in [-0.05, 0) is 69.0 Å². The van der Waals surface area contributed by atoms with Gasteiger partial charge in [0.15, 0.2) is 23.0 Å². The van der Waals surface area contributed by atoms with Crippen molar-refractivity contribution in [2.45, 2.75) is 75.0 Å². The molecule has 2 aromatic rings. The Kier molecular flexibility index (Phi) is 5.10. The van der Waals surface area contributed by atoms with E-state index in [1.54, 1.807) is 13.2 Å². The molecule has 9 heteroatoms. The lowest BCUT2D eigenvalue weighted by Crippen LogP contribution is -2.81. The summed E-state index contributed by atoms with van der Waals surface area (Å²) in [5, 5.41) is 14.1. The lowest BCUT2D eigenvalue weighted by molar-refractivity contribution is -0.275. The molecule has 1 aromatic heterocycles. The minimum absolute atomic E-state index is 0.00662. The van der Waals surface area contributed by atoms with Crippen molar-refractivity contribution in [1.82, 2.24) is 20.2 Å². The van der Waals surface area contributed by atoms with Gasteiger partial charge in [0.05, 0.1) is 0 Å². The number of rotatable bonds is 7. The first-order chi connectivity index (χ1) is 19.3. The Morgan fingerprint density at radius 1 is 1.18 bits per heavy atom. The van der Waals surface area contributed by atoms with E-state index in [0.717, 1.165) is 51.1 Å². The van der Waals surface area contributed by atoms with Gasteiger partial charge < -0.3 is 19.9 Å². The van der Waals surface area contributed by atoms with E-state index in [0.29, 0.717) is 18.3 Å². The normalized spacial score (nSPS) is 36.6. The van der Waals surface area contributed by atoms with Crippen LogP contribution in [-0.2, 0) is 16.6 Å². The molecular formula is C31H36N4O5. The van der Waals surface area contributed by atoms with Gasteiger partial charge in [0.25, 0.3) is 5.91 Å². The molecule has 1 aromatic carbocycles. The number of piperidine rings is 1. The number of hydrogen-bond donors (Lipinski definition) is 2. The number of aromatic hydroxyl groups is 1. The second-order valence-corrected chi connectivity index (χ2v) is 13.1. The van der Waals surface area contributed by atoms with E-state index in [4.69, 9.17) is 9.47 Å². The second-order valence-electron chi connectivity index (χ2n) is 13.1. The Bertz CT molecular complexity index is 1440. The number of nitrogens with one attached hydrogen (secondary N) is 1. The monoisotopic (exact) mass is 544 g/mol. The van der Waals surface area contributed by atoms with Crippen LogP contribution >= 0.6 is 0 Å². The van der Waals surface area contributed by atoms with Crippen molar-refractivity contribution in [3.63, 3.8) is 0 Å². The molecule has 9 nitrogen and oxygen atoms in total. The van der Waals surface area contributed by atoms with E-state index in [2.05, 4.69) is 26.3 Å². The molecule has 1 saturated heterocycles. The number of hydrogen-bond acceptors (Lipinski definition) is 8. The zero-order valence-corrected chi connectivity index (χ0v) is 23.1. The van der Waals surface area contributed by atoms with Gasteiger partial charge in [0.1, 0.15) is 17.4 Å². The maximum atomic E-state index is 13.3. The Balaban J connectivity index is 1.20. The fourth-order valence-corrected chi connectivity index (χ4v) is 9.85. The summed E-state index contributed by atoms with van der Waals surface area (Å²) >= 11 is 0. The quantitative estimate of drug-likeness (QED) is 0.512. The van der Waals surface area contributed by atoms with E-state index in [9.17, 15) is 14.7 Å². The minimum Gasteiger partial charge on any atom is -0.504 e. The lowest BCUT2D eigenvalue weighted by Gasteiger charge is -2.74. The topological polar surface area (TPSA) is 114 Å². The molecule has 5 fully saturated rings. The van der Waals surface area contributed by atoms with Crippen LogP contribution in [0.2, 0.25) is 0 Å². The highest BCUT2D eigenvalue weighted by molar-refractivity contribution is 6.04. The van der Waals surface area contributed by atoms with Crippen LogP contribution in [0.5, 0.6) is 11.5 Å². The number of amides is 1. The number of phenolic OH excluding ortho intramolecular Hbond substituents is 1. The Morgan fingerprint density at radius 2 is 1.98 bits per heavy atom. The summed E-state index contributed by atoms with van der Waals surface area (Å²) in [6, 6.07) is 4.32. The zero-order valence-electron chi connectivity index (χ0n) is 23.1. The van der Waals surface area contributed by atoms with Gasteiger partial charge in [-0.2, -0.15) is 0 Å². The highest BCUT2D eigenvalue weighted by Gasteiger charge is 2.80. The zero-order chi connectivity index (χ0) is 27.4. The number of carbonyl (C=O) groups excluding carboxylic acids is 2. The summed E-state index contributed by atoms with van der Waals surface area (Å²) in [6.07, 6.45) is 10.1. The number of ketones is 1. The predicted octanol–water partition coefficient (Wildman–Crippen LogP) is 3.04. The van der Waals surface area contributed by atoms with Gasteiger partial charge in [0.2, 0.25) is 0 Å². The summed E-state index contributed by atoms with van der Waals surface area (Å²) < 4.78 is 13.4. The third kappa shape index (κ3) is 2.95. The van der Waals surface area contributed by atoms with Crippen molar-refractivity contribution >= 4 is 11.7 Å². The van der Waals surface area contributed by atoms with Gasteiger partial charge in [-0.1, -0.05) is 6.07 Å². The SMILES string of the molecule is COC12CC[C@@]3(CC1CNC(=O)c1nccnc1C(C)=O)[C@H]1Cc4ccc(O)c5c4[C@@]3(CCN1CC1CC1)C2O5. The number of carbonyl (C=O) groups is 2. The molecule has 3 heterocycles. The van der Waals surface area contributed by atoms with Crippen molar-refractivity contribution in [3.8, 4) is 11.5 Å². The van der Waals surface area contributed by atoms with Crippen molar-refractivity contribution in [2.24, 2.45) is 17.3 Å². The fraction of sp³-hybridized carbons (Fsp3) is 0.613. The molecule has 2 N–H and O–H groups in total. The van der Waals surface area contributed by atoms with Crippen molar-refractivity contribution in [3.05, 3.63) is 47.0 Å². The van der Waals surface area contributed by atoms with Gasteiger partial charge in [0, 0.05) is 67.9 Å². The first kappa shape index (κ1) is 24.7. The molecule has 2 aliphatic heterocycles. The van der Waals surface area contributed by atoms with Crippen molar-refractivity contribution < 1.29 is 24.2 Å². The maximum absolute atomic E-state index is 13.3. The summed E-state index contributed by atoms with van der Waals surface area (Å²) in [4.78, 5) is 36.5. The van der Waals surface area contributed by atoms with Crippen LogP contribution in [0.3, 0.4) is 0 Å². The molecule has 0 radical (unpaired) electrons. The van der Waals surface area contributed by atoms with E-state index >= 15 is 0 Å². The Hall–Kier alpha value is -3.04. The number of phenols is 1. The van der Waals surface area contributed by atoms with Gasteiger partial charge in [-0.15, -0.1) is 0 Å². The molecule has 9 rings (SSSR count). The highest BCUT2D eigenvalue weighted by atomic mass is 16.6. The fourth-order valence-electron chi connectivity index (χ4n) is 9.85. The van der Waals surface area contributed by atoms with E-state index in [1.165, 1.54) is 43.3 Å². The largest absolute Gasteiger partial charge is 0.504 e.